The second-order valence-corrected chi connectivity index (χ2v) is 1.97. The van der Waals surface area contributed by atoms with Crippen molar-refractivity contribution in [3.05, 3.63) is 16.6 Å². The lowest BCUT2D eigenvalue weighted by atomic mass is 10.1. The molecule has 0 aliphatic carbocycles. The molecule has 1 unspecified atom stereocenters. The van der Waals surface area contributed by atoms with E-state index in [0.717, 1.165) is 5.57 Å². The Kier molecular flexibility index (Phi) is 2.03. The van der Waals surface area contributed by atoms with Gasteiger partial charge in [0.05, 0.1) is 5.57 Å². The highest BCUT2D eigenvalue weighted by Gasteiger charge is 2.14. The summed E-state index contributed by atoms with van der Waals surface area (Å²) in [7, 11) is 0. The van der Waals surface area contributed by atoms with E-state index in [-0.39, 0.29) is 6.04 Å². The molecule has 0 amide bonds. The van der Waals surface area contributed by atoms with E-state index in [1.165, 1.54) is 0 Å². The van der Waals surface area contributed by atoms with Gasteiger partial charge in [0.25, 0.3) is 0 Å². The van der Waals surface area contributed by atoms with Crippen molar-refractivity contribution in [3.63, 3.8) is 0 Å². The number of nitrogens with zero attached hydrogens (tertiary/aromatic N) is 2. The topological polar surface area (TPSA) is 54.8 Å². The van der Waals surface area contributed by atoms with Gasteiger partial charge in [0.1, 0.15) is 0 Å². The van der Waals surface area contributed by atoms with E-state index in [1.807, 2.05) is 6.92 Å². The maximum absolute atomic E-state index is 5.07. The average molecular weight is 137 g/mol. The molecule has 0 aromatic carbocycles. The van der Waals surface area contributed by atoms with Gasteiger partial charge >= 0.3 is 6.19 Å². The lowest BCUT2D eigenvalue weighted by molar-refractivity contribution is 0.930. The first-order chi connectivity index (χ1) is 4.84. The molecule has 1 rings (SSSR count). The average Bonchev–Trinajstić information content (AvgIpc) is 1.94. The first kappa shape index (κ1) is 6.78. The molecule has 10 heavy (non-hydrogen) atoms. The zero-order valence-corrected chi connectivity index (χ0v) is 5.70. The summed E-state index contributed by atoms with van der Waals surface area (Å²) < 4.78 is 0. The van der Waals surface area contributed by atoms with Gasteiger partial charge in [-0.05, 0) is 6.92 Å². The van der Waals surface area contributed by atoms with E-state index in [4.69, 9.17) is 5.84 Å². The van der Waals surface area contributed by atoms with E-state index >= 15 is 0 Å². The summed E-state index contributed by atoms with van der Waals surface area (Å²) in [5.41, 5.74) is 3.39. The lowest BCUT2D eigenvalue weighted by Gasteiger charge is -1.97. The fourth-order valence-corrected chi connectivity index (χ4v) is 0.660. The molecule has 0 fully saturated rings. The standard InChI is InChI=1S/C6H8N4/c1-5-6(3-10-7)2-8-4-9-5/h2-3,5H,7H2,1H3/p+1. The Bertz CT molecular complexity index is 230. The second kappa shape index (κ2) is 2.99. The van der Waals surface area contributed by atoms with Crippen molar-refractivity contribution in [2.24, 2.45) is 10.8 Å². The normalized spacial score (nSPS) is 25.8. The van der Waals surface area contributed by atoms with Crippen molar-refractivity contribution in [2.75, 3.05) is 0 Å². The van der Waals surface area contributed by atoms with Crippen LogP contribution in [0.1, 0.15) is 6.92 Å². The molecule has 0 saturated carbocycles. The van der Waals surface area contributed by atoms with Gasteiger partial charge in [0.15, 0.2) is 6.21 Å². The van der Waals surface area contributed by atoms with Crippen LogP contribution < -0.4 is 11.3 Å². The van der Waals surface area contributed by atoms with Crippen molar-refractivity contribution in [2.45, 2.75) is 13.0 Å². The smallest absolute Gasteiger partial charge is 0.331 e. The van der Waals surface area contributed by atoms with E-state index in [2.05, 4.69) is 21.5 Å². The summed E-state index contributed by atoms with van der Waals surface area (Å²) >= 11 is 0. The molecule has 0 aromatic heterocycles. The quantitative estimate of drug-likeness (QED) is 0.306. The van der Waals surface area contributed by atoms with Gasteiger partial charge in [0, 0.05) is 11.2 Å². The maximum atomic E-state index is 5.07. The molecule has 0 saturated heterocycles. The van der Waals surface area contributed by atoms with Gasteiger partial charge in [-0.15, -0.1) is 0 Å². The molecule has 4 heteroatoms. The fourth-order valence-electron chi connectivity index (χ4n) is 0.660. The van der Waals surface area contributed by atoms with Gasteiger partial charge in [-0.25, -0.2) is 0 Å². The largest absolute Gasteiger partial charge is 0.423 e. The van der Waals surface area contributed by atoms with Crippen LogP contribution in [0.2, 0.25) is 0 Å². The third kappa shape index (κ3) is 1.33. The van der Waals surface area contributed by atoms with Crippen LogP contribution in [0, 0.1) is 6.19 Å². The SMILES string of the molecule is CC1[N+]#CN=C/C1=C/NN. The summed E-state index contributed by atoms with van der Waals surface area (Å²) in [6, 6.07) is 0.105. The summed E-state index contributed by atoms with van der Waals surface area (Å²) in [5.74, 6) is 5.07. The van der Waals surface area contributed by atoms with Crippen LogP contribution >= 0.6 is 0 Å². The van der Waals surface area contributed by atoms with Crippen LogP contribution in [0.4, 0.5) is 0 Å². The third-order valence-electron chi connectivity index (χ3n) is 1.26. The molecular weight excluding hydrogens is 128 g/mol. The fraction of sp³-hybridized carbons (Fsp3) is 0.333. The molecule has 4 nitrogen and oxygen atoms in total. The highest BCUT2D eigenvalue weighted by atomic mass is 15.2. The molecule has 1 heterocycles. The highest BCUT2D eigenvalue weighted by molar-refractivity contribution is 5.82. The molecule has 1 aliphatic heterocycles. The zero-order valence-electron chi connectivity index (χ0n) is 5.70. The minimum absolute atomic E-state index is 0.105. The van der Waals surface area contributed by atoms with E-state index in [0.29, 0.717) is 0 Å². The minimum Gasteiger partial charge on any atom is -0.331 e. The van der Waals surface area contributed by atoms with Crippen LogP contribution in [-0.4, -0.2) is 12.3 Å². The molecule has 1 atom stereocenters. The predicted octanol–water partition coefficient (Wildman–Crippen LogP) is 0.0969. The van der Waals surface area contributed by atoms with Crippen molar-refractivity contribution < 1.29 is 0 Å². The number of aliphatic imine (C=N–C) groups is 1. The van der Waals surface area contributed by atoms with E-state index in [1.54, 1.807) is 12.4 Å². The molecule has 0 spiro atoms. The van der Waals surface area contributed by atoms with Crippen LogP contribution in [0.3, 0.4) is 0 Å². The lowest BCUT2D eigenvalue weighted by Crippen LogP contribution is -2.17. The molecular formula is C6H9N4+. The Labute approximate surface area is 59.2 Å². The monoisotopic (exact) mass is 137 g/mol. The van der Waals surface area contributed by atoms with E-state index < -0.39 is 0 Å². The number of nitrogens with two attached hydrogens (primary N) is 1. The Morgan fingerprint density at radius 2 is 2.80 bits per heavy atom. The van der Waals surface area contributed by atoms with Crippen molar-refractivity contribution >= 4 is 6.21 Å². The minimum atomic E-state index is 0.105. The van der Waals surface area contributed by atoms with Crippen LogP contribution in [0.25, 0.3) is 4.85 Å². The van der Waals surface area contributed by atoms with Gasteiger partial charge in [-0.1, -0.05) is 0 Å². The third-order valence-corrected chi connectivity index (χ3v) is 1.26. The Hall–Kier alpha value is -1.34. The number of rotatable bonds is 1. The van der Waals surface area contributed by atoms with Gasteiger partial charge in [0.2, 0.25) is 6.04 Å². The predicted molar refractivity (Wildman–Crippen MR) is 40.6 cm³/mol. The van der Waals surface area contributed by atoms with E-state index in [9.17, 15) is 0 Å². The Morgan fingerprint density at radius 3 is 3.40 bits per heavy atom. The second-order valence-electron chi connectivity index (χ2n) is 1.97. The summed E-state index contributed by atoms with van der Waals surface area (Å²) in [4.78, 5) is 7.64. The van der Waals surface area contributed by atoms with Crippen molar-refractivity contribution in [3.8, 4) is 6.19 Å². The van der Waals surface area contributed by atoms with Gasteiger partial charge in [-0.3, -0.25) is 5.84 Å². The molecule has 3 N–H and O–H groups in total. The van der Waals surface area contributed by atoms with Gasteiger partial charge in [-0.2, -0.15) is 4.85 Å². The van der Waals surface area contributed by atoms with Crippen LogP contribution in [0.5, 0.6) is 0 Å². The van der Waals surface area contributed by atoms with Crippen molar-refractivity contribution in [1.29, 1.82) is 0 Å². The number of hydrazine groups is 1. The molecule has 0 bridgehead atoms. The first-order valence-corrected chi connectivity index (χ1v) is 2.98. The number of nitrogens with one attached hydrogen (secondary N) is 1. The first-order valence-electron chi connectivity index (χ1n) is 2.98. The zero-order chi connectivity index (χ0) is 7.40. The molecule has 0 aromatic rings. The molecule has 1 aliphatic rings. The number of hydrogen-bond acceptors (Lipinski definition) is 3. The van der Waals surface area contributed by atoms with Crippen molar-refractivity contribution in [1.82, 2.24) is 5.43 Å². The Morgan fingerprint density at radius 1 is 2.00 bits per heavy atom. The van der Waals surface area contributed by atoms with Crippen LogP contribution in [0.15, 0.2) is 16.8 Å². The Balaban J connectivity index is 2.75. The summed E-state index contributed by atoms with van der Waals surface area (Å²) in [6.45, 7) is 1.95. The van der Waals surface area contributed by atoms with Crippen LogP contribution in [-0.2, 0) is 0 Å². The number of hydrogen-bond donors (Lipinski definition) is 2. The molecule has 0 radical (unpaired) electrons. The molecule has 52 valence electrons. The summed E-state index contributed by atoms with van der Waals surface area (Å²) in [5, 5.41) is 0. The summed E-state index contributed by atoms with van der Waals surface area (Å²) in [6.07, 6.45) is 5.85. The van der Waals surface area contributed by atoms with Gasteiger partial charge < -0.3 is 5.43 Å². The maximum Gasteiger partial charge on any atom is 0.423 e. The highest BCUT2D eigenvalue weighted by Crippen LogP contribution is 2.05.